The Hall–Kier alpha value is -2.43. The predicted octanol–water partition coefficient (Wildman–Crippen LogP) is 7.39. The Balaban J connectivity index is 2.54. The lowest BCUT2D eigenvalue weighted by atomic mass is 9.93. The first kappa shape index (κ1) is 24.6. The first-order chi connectivity index (χ1) is 13.7. The topological polar surface area (TPSA) is 18.5 Å². The molecule has 1 rings (SSSR count). The average molecular weight is 409 g/mol. The third-order valence-electron chi connectivity index (χ3n) is 4.57. The number of ether oxygens (including phenoxy) is 2. The summed E-state index contributed by atoms with van der Waals surface area (Å²) in [6, 6.07) is 2.92. The van der Waals surface area contributed by atoms with E-state index in [1.165, 1.54) is 24.3 Å². The van der Waals surface area contributed by atoms with Crippen LogP contribution in [0, 0.1) is 23.5 Å². The van der Waals surface area contributed by atoms with Gasteiger partial charge in [-0.1, -0.05) is 39.2 Å². The van der Waals surface area contributed by atoms with Crippen molar-refractivity contribution in [1.29, 1.82) is 0 Å². The molecule has 0 amide bonds. The van der Waals surface area contributed by atoms with E-state index in [4.69, 9.17) is 9.47 Å². The lowest BCUT2D eigenvalue weighted by Gasteiger charge is -2.17. The van der Waals surface area contributed by atoms with Crippen molar-refractivity contribution in [3.8, 4) is 5.75 Å². The van der Waals surface area contributed by atoms with E-state index in [9.17, 15) is 13.2 Å². The summed E-state index contributed by atoms with van der Waals surface area (Å²) in [7, 11) is 0. The molecule has 1 aromatic rings. The van der Waals surface area contributed by atoms with Crippen LogP contribution in [0.4, 0.5) is 13.2 Å². The van der Waals surface area contributed by atoms with E-state index in [0.29, 0.717) is 12.2 Å². The summed E-state index contributed by atoms with van der Waals surface area (Å²) in [6.45, 7) is 15.5. The highest BCUT2D eigenvalue weighted by molar-refractivity contribution is 5.51. The Bertz CT molecular complexity index is 766. The van der Waals surface area contributed by atoms with Gasteiger partial charge in [0.05, 0.1) is 13.2 Å². The van der Waals surface area contributed by atoms with Gasteiger partial charge in [-0.15, -0.1) is 0 Å². The van der Waals surface area contributed by atoms with Crippen molar-refractivity contribution in [2.24, 2.45) is 11.8 Å². The fourth-order valence-corrected chi connectivity index (χ4v) is 2.63. The molecule has 160 valence electrons. The van der Waals surface area contributed by atoms with Crippen molar-refractivity contribution >= 4 is 6.08 Å². The first-order valence-electron chi connectivity index (χ1n) is 9.82. The lowest BCUT2D eigenvalue weighted by molar-refractivity contribution is 0.226. The van der Waals surface area contributed by atoms with E-state index in [1.807, 2.05) is 13.8 Å². The molecule has 29 heavy (non-hydrogen) atoms. The van der Waals surface area contributed by atoms with Gasteiger partial charge in [0.2, 0.25) is 5.82 Å². The summed E-state index contributed by atoms with van der Waals surface area (Å²) in [5.41, 5.74) is 0.828. The summed E-state index contributed by atoms with van der Waals surface area (Å²) in [5, 5.41) is 0. The van der Waals surface area contributed by atoms with E-state index < -0.39 is 17.5 Å². The highest BCUT2D eigenvalue weighted by atomic mass is 19.2. The van der Waals surface area contributed by atoms with E-state index in [1.54, 1.807) is 19.9 Å². The van der Waals surface area contributed by atoms with Crippen LogP contribution < -0.4 is 4.74 Å². The van der Waals surface area contributed by atoms with Gasteiger partial charge in [0.25, 0.3) is 0 Å². The van der Waals surface area contributed by atoms with Crippen molar-refractivity contribution < 1.29 is 22.6 Å². The zero-order chi connectivity index (χ0) is 22.0. The van der Waals surface area contributed by atoms with Crippen LogP contribution in [-0.2, 0) is 4.74 Å². The second kappa shape index (κ2) is 12.2. The summed E-state index contributed by atoms with van der Waals surface area (Å²) >= 11 is 0. The van der Waals surface area contributed by atoms with Gasteiger partial charge in [-0.25, -0.2) is 8.78 Å². The van der Waals surface area contributed by atoms with Crippen molar-refractivity contribution in [3.05, 3.63) is 71.8 Å². The van der Waals surface area contributed by atoms with Gasteiger partial charge in [0, 0.05) is 5.56 Å². The first-order valence-corrected chi connectivity index (χ1v) is 9.82. The molecule has 0 aliphatic heterocycles. The molecule has 0 spiro atoms. The second-order valence-corrected chi connectivity index (χ2v) is 7.10. The Labute approximate surface area is 172 Å². The van der Waals surface area contributed by atoms with Crippen LogP contribution in [0.2, 0.25) is 0 Å². The molecule has 0 bridgehead atoms. The van der Waals surface area contributed by atoms with Gasteiger partial charge in [0.15, 0.2) is 17.4 Å². The second-order valence-electron chi connectivity index (χ2n) is 7.10. The summed E-state index contributed by atoms with van der Waals surface area (Å²) < 4.78 is 52.5. The SMILES string of the molecule is C=C(OCC)/C(F)=C\C(=C)C(C)CCC(C)COc1ccc(/C=C/C)c(F)c1F. The van der Waals surface area contributed by atoms with Gasteiger partial charge in [-0.05, 0) is 62.3 Å². The molecule has 0 N–H and O–H groups in total. The number of rotatable bonds is 12. The molecule has 0 fully saturated rings. The molecule has 0 aliphatic rings. The van der Waals surface area contributed by atoms with Crippen molar-refractivity contribution in [1.82, 2.24) is 0 Å². The summed E-state index contributed by atoms with van der Waals surface area (Å²) in [5.74, 6) is -2.37. The number of hydrogen-bond acceptors (Lipinski definition) is 2. The standard InChI is InChI=1S/C24H31F3O2/c1-7-9-20-12-13-22(24(27)23(20)26)29-15-16(3)10-11-17(4)18(5)14-21(25)19(6)28-8-2/h7,9,12-14,16-17H,5-6,8,10-11,15H2,1-4H3/b9-7+,21-14+. The molecule has 2 unspecified atom stereocenters. The molecule has 1 aromatic carbocycles. The largest absolute Gasteiger partial charge is 0.491 e. The lowest BCUT2D eigenvalue weighted by Crippen LogP contribution is -2.11. The van der Waals surface area contributed by atoms with Gasteiger partial charge < -0.3 is 9.47 Å². The van der Waals surface area contributed by atoms with Gasteiger partial charge >= 0.3 is 0 Å². The molecule has 0 aromatic heterocycles. The van der Waals surface area contributed by atoms with E-state index >= 15 is 0 Å². The normalized spacial score (nSPS) is 14.0. The van der Waals surface area contributed by atoms with Gasteiger partial charge in [0.1, 0.15) is 5.76 Å². The molecule has 0 saturated heterocycles. The minimum absolute atomic E-state index is 0.00248. The smallest absolute Gasteiger partial charge is 0.201 e. The van der Waals surface area contributed by atoms with Crippen LogP contribution in [0.15, 0.2) is 54.6 Å². The molecular weight excluding hydrogens is 377 g/mol. The highest BCUT2D eigenvalue weighted by Crippen LogP contribution is 2.26. The van der Waals surface area contributed by atoms with Crippen LogP contribution in [0.5, 0.6) is 5.75 Å². The molecule has 2 atom stereocenters. The van der Waals surface area contributed by atoms with Crippen LogP contribution in [0.1, 0.15) is 46.1 Å². The van der Waals surface area contributed by atoms with Crippen LogP contribution in [0.3, 0.4) is 0 Å². The molecule has 5 heteroatoms. The zero-order valence-electron chi connectivity index (χ0n) is 17.7. The third kappa shape index (κ3) is 7.84. The van der Waals surface area contributed by atoms with Crippen LogP contribution in [-0.4, -0.2) is 13.2 Å². The maximum atomic E-state index is 14.1. The number of allylic oxidation sites excluding steroid dienone is 4. The molecule has 0 saturated carbocycles. The zero-order valence-corrected chi connectivity index (χ0v) is 17.7. The highest BCUT2D eigenvalue weighted by Gasteiger charge is 2.15. The molecule has 0 heterocycles. The number of hydrogen-bond donors (Lipinski definition) is 0. The van der Waals surface area contributed by atoms with Crippen LogP contribution in [0.25, 0.3) is 6.08 Å². The predicted molar refractivity (Wildman–Crippen MR) is 113 cm³/mol. The average Bonchev–Trinajstić information content (AvgIpc) is 2.69. The molecular formula is C24H31F3O2. The molecule has 0 aliphatic carbocycles. The molecule has 2 nitrogen and oxygen atoms in total. The summed E-state index contributed by atoms with van der Waals surface area (Å²) in [4.78, 5) is 0. The fourth-order valence-electron chi connectivity index (χ4n) is 2.63. The Morgan fingerprint density at radius 3 is 2.45 bits per heavy atom. The van der Waals surface area contributed by atoms with Crippen molar-refractivity contribution in [2.75, 3.05) is 13.2 Å². The minimum Gasteiger partial charge on any atom is -0.491 e. The van der Waals surface area contributed by atoms with Crippen LogP contribution >= 0.6 is 0 Å². The monoisotopic (exact) mass is 408 g/mol. The Morgan fingerprint density at radius 1 is 1.14 bits per heavy atom. The maximum Gasteiger partial charge on any atom is 0.201 e. The molecule has 0 radical (unpaired) electrons. The van der Waals surface area contributed by atoms with E-state index in [2.05, 4.69) is 13.2 Å². The number of halogens is 3. The summed E-state index contributed by atoms with van der Waals surface area (Å²) in [6.07, 6.45) is 6.01. The maximum absolute atomic E-state index is 14.1. The third-order valence-corrected chi connectivity index (χ3v) is 4.57. The van der Waals surface area contributed by atoms with E-state index in [0.717, 1.165) is 12.8 Å². The van der Waals surface area contributed by atoms with Crippen molar-refractivity contribution in [2.45, 2.75) is 40.5 Å². The van der Waals surface area contributed by atoms with Gasteiger partial charge in [-0.3, -0.25) is 0 Å². The Kier molecular flexibility index (Phi) is 10.4. The van der Waals surface area contributed by atoms with Crippen molar-refractivity contribution in [3.63, 3.8) is 0 Å². The number of benzene rings is 1. The minimum atomic E-state index is -0.982. The van der Waals surface area contributed by atoms with Gasteiger partial charge in [-0.2, -0.15) is 4.39 Å². The quantitative estimate of drug-likeness (QED) is 0.265. The fraction of sp³-hybridized carbons (Fsp3) is 0.417. The Morgan fingerprint density at radius 2 is 1.83 bits per heavy atom. The van der Waals surface area contributed by atoms with E-state index in [-0.39, 0.29) is 35.5 Å².